The first-order chi connectivity index (χ1) is 24.8. The SMILES string of the molecule is COc1ccc2c(O[C@H]3C[C@@H]4C(=O)N(C)CCCC/C=C\[C@@H]5C[C@@]5(C(=O)NS(=O)(=O)C5CC5)NC(=O)[C@@H]4C3)cc(-c3nc(C(C)C)cs3)nc2c1C. The van der Waals surface area contributed by atoms with Crippen LogP contribution in [-0.2, 0) is 24.4 Å². The molecule has 3 saturated carbocycles. The first kappa shape index (κ1) is 36.3. The molecule has 4 aliphatic rings. The smallest absolute Gasteiger partial charge is 0.259 e. The summed E-state index contributed by atoms with van der Waals surface area (Å²) in [5.41, 5.74) is 1.79. The number of allylic oxidation sites excluding steroid dienone is 1. The average Bonchev–Trinajstić information content (AvgIpc) is 3.98. The summed E-state index contributed by atoms with van der Waals surface area (Å²) in [6.45, 7) is 6.69. The van der Waals surface area contributed by atoms with Crippen LogP contribution in [0.4, 0.5) is 0 Å². The van der Waals surface area contributed by atoms with E-state index in [1.54, 1.807) is 19.1 Å². The molecule has 278 valence electrons. The van der Waals surface area contributed by atoms with Crippen molar-refractivity contribution in [3.05, 3.63) is 47.0 Å². The van der Waals surface area contributed by atoms with Crippen LogP contribution in [0, 0.1) is 24.7 Å². The first-order valence-electron chi connectivity index (χ1n) is 18.2. The quantitative estimate of drug-likeness (QED) is 0.294. The molecule has 14 heteroatoms. The van der Waals surface area contributed by atoms with E-state index in [-0.39, 0.29) is 30.6 Å². The van der Waals surface area contributed by atoms with Crippen LogP contribution >= 0.6 is 11.3 Å². The number of ether oxygens (including phenoxy) is 2. The summed E-state index contributed by atoms with van der Waals surface area (Å²) in [5.74, 6) is -1.63. The molecule has 12 nitrogen and oxygen atoms in total. The summed E-state index contributed by atoms with van der Waals surface area (Å²) in [6, 6.07) is 5.66. The number of aromatic nitrogens is 2. The number of rotatable bonds is 8. The van der Waals surface area contributed by atoms with Crippen molar-refractivity contribution in [3.63, 3.8) is 0 Å². The zero-order chi connectivity index (χ0) is 36.9. The van der Waals surface area contributed by atoms with Crippen molar-refractivity contribution in [2.45, 2.75) is 94.9 Å². The molecule has 7 rings (SSSR count). The van der Waals surface area contributed by atoms with E-state index in [0.29, 0.717) is 48.5 Å². The van der Waals surface area contributed by atoms with Gasteiger partial charge in [0.1, 0.15) is 33.8 Å². The number of methoxy groups -OCH3 is 1. The third-order valence-corrected chi connectivity index (χ3v) is 13.7. The van der Waals surface area contributed by atoms with Gasteiger partial charge < -0.3 is 19.7 Å². The number of aryl methyl sites for hydroxylation is 1. The van der Waals surface area contributed by atoms with Crippen molar-refractivity contribution in [3.8, 4) is 22.2 Å². The summed E-state index contributed by atoms with van der Waals surface area (Å²) in [6.07, 6.45) is 7.61. The summed E-state index contributed by atoms with van der Waals surface area (Å²) >= 11 is 1.51. The largest absolute Gasteiger partial charge is 0.496 e. The maximum Gasteiger partial charge on any atom is 0.259 e. The number of pyridine rings is 1. The third-order valence-electron chi connectivity index (χ3n) is 11.0. The number of nitrogens with one attached hydrogen (secondary N) is 2. The van der Waals surface area contributed by atoms with Crippen LogP contribution in [0.15, 0.2) is 35.7 Å². The summed E-state index contributed by atoms with van der Waals surface area (Å²) < 4.78 is 40.2. The minimum atomic E-state index is -3.83. The molecule has 52 heavy (non-hydrogen) atoms. The van der Waals surface area contributed by atoms with E-state index in [9.17, 15) is 22.8 Å². The van der Waals surface area contributed by atoms with Gasteiger partial charge in [-0.15, -0.1) is 11.3 Å². The number of carbonyl (C=O) groups is 3. The van der Waals surface area contributed by atoms with Gasteiger partial charge in [-0.25, -0.2) is 18.4 Å². The molecule has 2 N–H and O–H groups in total. The van der Waals surface area contributed by atoms with Crippen LogP contribution < -0.4 is 19.5 Å². The molecule has 5 atom stereocenters. The molecule has 0 radical (unpaired) electrons. The van der Waals surface area contributed by atoms with Gasteiger partial charge in [0.25, 0.3) is 5.91 Å². The van der Waals surface area contributed by atoms with Gasteiger partial charge >= 0.3 is 0 Å². The molecule has 3 heterocycles. The number of amides is 3. The highest BCUT2D eigenvalue weighted by molar-refractivity contribution is 7.91. The van der Waals surface area contributed by atoms with Crippen LogP contribution in [0.1, 0.15) is 82.4 Å². The Morgan fingerprint density at radius 2 is 1.88 bits per heavy atom. The number of sulfonamides is 1. The Balaban J connectivity index is 1.21. The van der Waals surface area contributed by atoms with Crippen molar-refractivity contribution in [2.75, 3.05) is 20.7 Å². The highest BCUT2D eigenvalue weighted by Gasteiger charge is 2.62. The van der Waals surface area contributed by atoms with Crippen LogP contribution in [0.5, 0.6) is 11.5 Å². The number of benzene rings is 1. The van der Waals surface area contributed by atoms with Gasteiger partial charge in [0, 0.05) is 41.9 Å². The summed E-state index contributed by atoms with van der Waals surface area (Å²) in [4.78, 5) is 53.5. The maximum absolute atomic E-state index is 14.3. The first-order valence-corrected chi connectivity index (χ1v) is 20.6. The molecule has 3 amide bonds. The zero-order valence-electron chi connectivity index (χ0n) is 30.3. The van der Waals surface area contributed by atoms with E-state index in [1.807, 2.05) is 42.7 Å². The highest BCUT2D eigenvalue weighted by atomic mass is 32.2. The van der Waals surface area contributed by atoms with E-state index >= 15 is 0 Å². The molecule has 3 fully saturated rings. The van der Waals surface area contributed by atoms with E-state index in [1.165, 1.54) is 11.3 Å². The second kappa shape index (κ2) is 14.1. The van der Waals surface area contributed by atoms with Crippen molar-refractivity contribution in [1.82, 2.24) is 24.9 Å². The van der Waals surface area contributed by atoms with Crippen molar-refractivity contribution >= 4 is 50.0 Å². The number of thiazole rings is 1. The van der Waals surface area contributed by atoms with Crippen LogP contribution in [0.2, 0.25) is 0 Å². The monoisotopic (exact) mass is 749 g/mol. The predicted octanol–water partition coefficient (Wildman–Crippen LogP) is 5.25. The molecule has 1 aliphatic heterocycles. The summed E-state index contributed by atoms with van der Waals surface area (Å²) in [5, 5.41) is 5.95. The molecule has 0 unspecified atom stereocenters. The number of hydrogen-bond donors (Lipinski definition) is 2. The van der Waals surface area contributed by atoms with E-state index in [0.717, 1.165) is 40.9 Å². The van der Waals surface area contributed by atoms with Crippen molar-refractivity contribution < 1.29 is 32.3 Å². The zero-order valence-corrected chi connectivity index (χ0v) is 31.9. The highest BCUT2D eigenvalue weighted by Crippen LogP contribution is 2.47. The molecular formula is C38H47N5O7S2. The van der Waals surface area contributed by atoms with Gasteiger partial charge in [0.15, 0.2) is 0 Å². The maximum atomic E-state index is 14.3. The molecule has 0 bridgehead atoms. The van der Waals surface area contributed by atoms with Gasteiger partial charge in [-0.1, -0.05) is 26.0 Å². The Labute approximate surface area is 308 Å². The fourth-order valence-corrected chi connectivity index (χ4v) is 9.85. The molecule has 3 aliphatic carbocycles. The number of hydrogen-bond acceptors (Lipinski definition) is 10. The van der Waals surface area contributed by atoms with E-state index in [4.69, 9.17) is 19.4 Å². The van der Waals surface area contributed by atoms with E-state index in [2.05, 4.69) is 23.9 Å². The Morgan fingerprint density at radius 3 is 2.60 bits per heavy atom. The molecule has 0 spiro atoms. The standard InChI is InChI=1S/C38H47N5O7S2/c1-21(2)30-20-51-35(40-30)29-18-32(26-13-14-31(49-5)22(3)33(26)39-29)50-24-16-27-28(17-24)36(45)43(4)15-9-7-6-8-10-23-19-38(23,41-34(27)44)37(46)42-52(47,48)25-11-12-25/h8,10,13-14,18,20-21,23-25,27-28H,6-7,9,11-12,15-17,19H2,1-5H3,(H,41,44)(H,42,46)/b10-8-/t23-,24-,27-,28+,38-/m1/s1. The number of carbonyl (C=O) groups excluding carboxylic acids is 3. The van der Waals surface area contributed by atoms with Crippen molar-refractivity contribution in [1.29, 1.82) is 0 Å². The van der Waals surface area contributed by atoms with Gasteiger partial charge in [-0.3, -0.25) is 19.1 Å². The Kier molecular flexibility index (Phi) is 9.83. The lowest BCUT2D eigenvalue weighted by atomic mass is 9.93. The normalized spacial score (nSPS) is 27.4. The van der Waals surface area contributed by atoms with Gasteiger partial charge in [0.2, 0.25) is 21.8 Å². The van der Waals surface area contributed by atoms with E-state index < -0.39 is 50.6 Å². The van der Waals surface area contributed by atoms with Crippen LogP contribution in [-0.4, -0.2) is 78.6 Å². The second-order valence-corrected chi connectivity index (χ2v) is 17.9. The van der Waals surface area contributed by atoms with Crippen molar-refractivity contribution in [2.24, 2.45) is 17.8 Å². The lowest BCUT2D eigenvalue weighted by molar-refractivity contribution is -0.140. The number of nitrogens with zero attached hydrogens (tertiary/aromatic N) is 3. The lowest BCUT2D eigenvalue weighted by Gasteiger charge is -2.26. The molecule has 0 saturated heterocycles. The minimum absolute atomic E-state index is 0.147. The summed E-state index contributed by atoms with van der Waals surface area (Å²) in [7, 11) is -0.445. The molecule has 1 aromatic carbocycles. The molecule has 3 aromatic rings. The minimum Gasteiger partial charge on any atom is -0.496 e. The lowest BCUT2D eigenvalue weighted by Crippen LogP contribution is -2.54. The Hall–Kier alpha value is -4.04. The van der Waals surface area contributed by atoms with Gasteiger partial charge in [0.05, 0.1) is 35.4 Å². The fraction of sp³-hybridized carbons (Fsp3) is 0.553. The topological polar surface area (TPSA) is 157 Å². The predicted molar refractivity (Wildman–Crippen MR) is 199 cm³/mol. The van der Waals surface area contributed by atoms with Crippen LogP contribution in [0.3, 0.4) is 0 Å². The van der Waals surface area contributed by atoms with Crippen LogP contribution in [0.25, 0.3) is 21.6 Å². The average molecular weight is 750 g/mol. The Bertz CT molecular complexity index is 2040. The number of fused-ring (bicyclic) bond motifs is 3. The second-order valence-electron chi connectivity index (χ2n) is 15.1. The third kappa shape index (κ3) is 7.03. The molecule has 2 aromatic heterocycles. The Morgan fingerprint density at radius 1 is 1.12 bits per heavy atom. The fourth-order valence-electron chi connectivity index (χ4n) is 7.55. The van der Waals surface area contributed by atoms with Gasteiger partial charge in [-0.05, 0) is 76.3 Å². The molecular weight excluding hydrogens is 703 g/mol. The van der Waals surface area contributed by atoms with Gasteiger partial charge in [-0.2, -0.15) is 0 Å².